The van der Waals surface area contributed by atoms with Crippen molar-refractivity contribution in [1.29, 1.82) is 0 Å². The van der Waals surface area contributed by atoms with Crippen molar-refractivity contribution in [3.05, 3.63) is 89.9 Å². The Hall–Kier alpha value is -0.747. The van der Waals surface area contributed by atoms with E-state index in [9.17, 15) is 0 Å². The first-order valence-electron chi connectivity index (χ1n) is 8.19. The molecule has 3 heteroatoms. The van der Waals surface area contributed by atoms with Crippen molar-refractivity contribution in [3.63, 3.8) is 0 Å². The fourth-order valence-corrected chi connectivity index (χ4v) is 3.66. The molecule has 126 valence electrons. The van der Waals surface area contributed by atoms with Crippen LogP contribution in [0.4, 0.5) is 0 Å². The van der Waals surface area contributed by atoms with Gasteiger partial charge in [0.2, 0.25) is 0 Å². The molecule has 1 unspecified atom stereocenters. The monoisotopic (exact) mass is 444 g/mol. The molecule has 5 rings (SSSR count). The minimum Gasteiger partial charge on any atom is -1.00 e. The van der Waals surface area contributed by atoms with E-state index in [2.05, 4.69) is 67.1 Å². The number of allylic oxidation sites excluding steroid dienone is 4. The third-order valence-electron chi connectivity index (χ3n) is 4.83. The average molecular weight is 447 g/mol. The van der Waals surface area contributed by atoms with Crippen molar-refractivity contribution in [2.45, 2.75) is 25.7 Å². The molecule has 2 aromatic carbocycles. The van der Waals surface area contributed by atoms with Crippen LogP contribution in [0.5, 0.6) is 0 Å². The Morgan fingerprint density at radius 1 is 1.00 bits per heavy atom. The second kappa shape index (κ2) is 10.4. The fraction of sp³-hybridized carbons (Fsp3) is 0.227. The standard InChI is InChI=1S/C13H9.C9H11.2ClH.Zr/c1-3-7-12-10(5-1)9-11-6-2-4-8-13(11)12;1-2-5-9-7-3-6-8(9)4-1;;;/h1-5,7-8H,9H2;1-2,4,6,9H,3,5,7H2;2*1H;/q2*-1;;;+4/p-2. The van der Waals surface area contributed by atoms with Crippen molar-refractivity contribution in [3.8, 4) is 11.1 Å². The van der Waals surface area contributed by atoms with Gasteiger partial charge in [0.05, 0.1) is 0 Å². The Bertz CT molecular complexity index is 706. The van der Waals surface area contributed by atoms with E-state index in [0.29, 0.717) is 0 Å². The number of benzene rings is 2. The number of hydrogen-bond donors (Lipinski definition) is 0. The van der Waals surface area contributed by atoms with Crippen LogP contribution in [-0.4, -0.2) is 0 Å². The van der Waals surface area contributed by atoms with E-state index in [4.69, 9.17) is 0 Å². The molecular weight excluding hydrogens is 426 g/mol. The van der Waals surface area contributed by atoms with Crippen LogP contribution in [0.25, 0.3) is 11.1 Å². The van der Waals surface area contributed by atoms with Gasteiger partial charge in [-0.05, 0) is 18.8 Å². The SMILES string of the molecule is C1=CCC2CC[CH-]C2=C1.[Cl-].[Cl-].[Zr+4].[c-]1cccc2c1Cc1ccccc1-2. The number of halogens is 2. The van der Waals surface area contributed by atoms with Gasteiger partial charge in [0.25, 0.3) is 0 Å². The normalized spacial score (nSPS) is 17.6. The maximum atomic E-state index is 3.30. The molecular formula is C22H20Cl2Zr. The zero-order valence-electron chi connectivity index (χ0n) is 14.0. The van der Waals surface area contributed by atoms with E-state index in [0.717, 1.165) is 12.3 Å². The summed E-state index contributed by atoms with van der Waals surface area (Å²) in [6, 6.07) is 18.1. The Balaban J connectivity index is 0.000000234. The largest absolute Gasteiger partial charge is 4.00 e. The summed E-state index contributed by atoms with van der Waals surface area (Å²) in [5.41, 5.74) is 7.09. The average Bonchev–Trinajstić information content (AvgIpc) is 3.19. The third kappa shape index (κ3) is 4.91. The van der Waals surface area contributed by atoms with Crippen LogP contribution in [0.1, 0.15) is 30.4 Å². The number of hydrogen-bond acceptors (Lipinski definition) is 0. The summed E-state index contributed by atoms with van der Waals surface area (Å²) in [6.07, 6.45) is 14.1. The Morgan fingerprint density at radius 3 is 2.64 bits per heavy atom. The first kappa shape index (κ1) is 22.3. The van der Waals surface area contributed by atoms with Gasteiger partial charge in [0, 0.05) is 0 Å². The van der Waals surface area contributed by atoms with Crippen LogP contribution in [0.3, 0.4) is 0 Å². The molecule has 1 fully saturated rings. The topological polar surface area (TPSA) is 0 Å². The molecule has 0 saturated heterocycles. The van der Waals surface area contributed by atoms with Gasteiger partial charge in [-0.15, -0.1) is 24.1 Å². The predicted octanol–water partition coefficient (Wildman–Crippen LogP) is -0.450. The van der Waals surface area contributed by atoms with Gasteiger partial charge in [-0.3, -0.25) is 0 Å². The van der Waals surface area contributed by atoms with E-state index in [-0.39, 0.29) is 51.0 Å². The molecule has 25 heavy (non-hydrogen) atoms. The molecule has 0 aliphatic heterocycles. The molecule has 0 amide bonds. The zero-order valence-corrected chi connectivity index (χ0v) is 18.0. The number of fused-ring (bicyclic) bond motifs is 4. The van der Waals surface area contributed by atoms with Crippen molar-refractivity contribution in [2.75, 3.05) is 0 Å². The molecule has 0 heterocycles. The summed E-state index contributed by atoms with van der Waals surface area (Å²) in [7, 11) is 0. The first-order chi connectivity index (χ1) is 10.9. The van der Waals surface area contributed by atoms with E-state index in [1.54, 1.807) is 5.57 Å². The smallest absolute Gasteiger partial charge is 1.00 e. The quantitative estimate of drug-likeness (QED) is 0.411. The summed E-state index contributed by atoms with van der Waals surface area (Å²) in [4.78, 5) is 0. The predicted molar refractivity (Wildman–Crippen MR) is 92.4 cm³/mol. The van der Waals surface area contributed by atoms with E-state index < -0.39 is 0 Å². The molecule has 3 aliphatic carbocycles. The molecule has 2 aromatic rings. The van der Waals surface area contributed by atoms with Crippen molar-refractivity contribution in [2.24, 2.45) is 5.92 Å². The second-order valence-corrected chi connectivity index (χ2v) is 6.21. The molecule has 0 N–H and O–H groups in total. The molecule has 0 nitrogen and oxygen atoms in total. The fourth-order valence-electron chi connectivity index (χ4n) is 3.66. The minimum atomic E-state index is 0. The van der Waals surface area contributed by atoms with Crippen LogP contribution in [0, 0.1) is 18.4 Å². The second-order valence-electron chi connectivity index (χ2n) is 6.21. The van der Waals surface area contributed by atoms with Gasteiger partial charge < -0.3 is 24.8 Å². The van der Waals surface area contributed by atoms with Crippen LogP contribution < -0.4 is 24.8 Å². The van der Waals surface area contributed by atoms with Gasteiger partial charge in [-0.1, -0.05) is 41.8 Å². The van der Waals surface area contributed by atoms with Crippen molar-refractivity contribution in [1.82, 2.24) is 0 Å². The molecule has 3 aliphatic rings. The Kier molecular flexibility index (Phi) is 9.29. The van der Waals surface area contributed by atoms with E-state index in [1.165, 1.54) is 41.5 Å². The van der Waals surface area contributed by atoms with Crippen LogP contribution in [0.2, 0.25) is 0 Å². The number of rotatable bonds is 0. The molecule has 0 bridgehead atoms. The third-order valence-corrected chi connectivity index (χ3v) is 4.83. The summed E-state index contributed by atoms with van der Waals surface area (Å²) in [5, 5.41) is 0. The van der Waals surface area contributed by atoms with E-state index >= 15 is 0 Å². The van der Waals surface area contributed by atoms with E-state index in [1.807, 2.05) is 6.07 Å². The minimum absolute atomic E-state index is 0. The molecule has 0 radical (unpaired) electrons. The summed E-state index contributed by atoms with van der Waals surface area (Å²) in [6.45, 7) is 0. The van der Waals surface area contributed by atoms with Gasteiger partial charge >= 0.3 is 26.2 Å². The van der Waals surface area contributed by atoms with Gasteiger partial charge in [0.1, 0.15) is 0 Å². The van der Waals surface area contributed by atoms with Crippen LogP contribution in [-0.2, 0) is 32.6 Å². The van der Waals surface area contributed by atoms with Crippen LogP contribution >= 0.6 is 0 Å². The Morgan fingerprint density at radius 2 is 1.80 bits per heavy atom. The Labute approximate surface area is 182 Å². The van der Waals surface area contributed by atoms with Crippen molar-refractivity contribution >= 4 is 0 Å². The van der Waals surface area contributed by atoms with Crippen molar-refractivity contribution < 1.29 is 51.0 Å². The van der Waals surface area contributed by atoms with Gasteiger partial charge in [0.15, 0.2) is 0 Å². The van der Waals surface area contributed by atoms with Crippen LogP contribution in [0.15, 0.2) is 66.3 Å². The van der Waals surface area contributed by atoms with Gasteiger partial charge in [-0.25, -0.2) is 18.1 Å². The van der Waals surface area contributed by atoms with Gasteiger partial charge in [-0.2, -0.15) is 29.8 Å². The summed E-state index contributed by atoms with van der Waals surface area (Å²) in [5.74, 6) is 0.884. The molecule has 0 aromatic heterocycles. The summed E-state index contributed by atoms with van der Waals surface area (Å²) >= 11 is 0. The zero-order chi connectivity index (χ0) is 14.8. The summed E-state index contributed by atoms with van der Waals surface area (Å²) < 4.78 is 0. The first-order valence-corrected chi connectivity index (χ1v) is 8.19. The molecule has 1 saturated carbocycles. The molecule has 0 spiro atoms. The molecule has 1 atom stereocenters. The maximum Gasteiger partial charge on any atom is 4.00 e. The maximum absolute atomic E-state index is 3.30.